The van der Waals surface area contributed by atoms with Gasteiger partial charge in [-0.3, -0.25) is 0 Å². The summed E-state index contributed by atoms with van der Waals surface area (Å²) in [7, 11) is 0. The van der Waals surface area contributed by atoms with E-state index in [0.717, 1.165) is 144 Å². The number of aromatic nitrogens is 8. The molecule has 16 aromatic carbocycles. The van der Waals surface area contributed by atoms with Crippen LogP contribution in [-0.4, -0.2) is 39.9 Å². The molecular formula is C108H64N8O2S2. The Morgan fingerprint density at radius 1 is 0.183 bits per heavy atom. The van der Waals surface area contributed by atoms with E-state index in [1.807, 2.05) is 168 Å². The number of nitrogens with zero attached hydrogens (tertiary/aromatic N) is 8. The molecule has 24 aromatic rings. The minimum atomic E-state index is 0.607. The lowest BCUT2D eigenvalue weighted by Gasteiger charge is -2.11. The van der Waals surface area contributed by atoms with Crippen molar-refractivity contribution in [2.75, 3.05) is 0 Å². The van der Waals surface area contributed by atoms with Gasteiger partial charge in [0.1, 0.15) is 22.3 Å². The Kier molecular flexibility index (Phi) is 17.1. The second kappa shape index (κ2) is 29.3. The first-order valence-corrected chi connectivity index (χ1v) is 41.5. The van der Waals surface area contributed by atoms with E-state index in [2.05, 4.69) is 243 Å². The lowest BCUT2D eigenvalue weighted by atomic mass is 9.96. The highest BCUT2D eigenvalue weighted by Gasteiger charge is 2.24. The number of benzene rings is 16. The average molecular weight is 1570 g/mol. The van der Waals surface area contributed by atoms with Crippen LogP contribution in [0.5, 0.6) is 0 Å². The van der Waals surface area contributed by atoms with Crippen molar-refractivity contribution < 1.29 is 8.83 Å². The predicted molar refractivity (Wildman–Crippen MR) is 496 cm³/mol. The summed E-state index contributed by atoms with van der Waals surface area (Å²) in [5, 5.41) is 11.2. The molecule has 24 rings (SSSR count). The molecule has 0 spiro atoms. The van der Waals surface area contributed by atoms with Gasteiger partial charge in [0.05, 0.1) is 33.2 Å². The molecule has 0 saturated carbocycles. The zero-order chi connectivity index (χ0) is 79.1. The van der Waals surface area contributed by atoms with Crippen molar-refractivity contribution in [2.45, 2.75) is 0 Å². The van der Waals surface area contributed by atoms with E-state index in [9.17, 15) is 0 Å². The zero-order valence-electron chi connectivity index (χ0n) is 64.2. The summed E-state index contributed by atoms with van der Waals surface area (Å²) < 4.78 is 18.5. The third kappa shape index (κ3) is 12.5. The van der Waals surface area contributed by atoms with Crippen molar-refractivity contribution in [3.05, 3.63) is 388 Å². The number of pyridine rings is 2. The van der Waals surface area contributed by atoms with Crippen LogP contribution in [0.1, 0.15) is 0 Å². The van der Waals surface area contributed by atoms with Crippen LogP contribution >= 0.6 is 22.7 Å². The Balaban J connectivity index is 0.000000140. The molecule has 560 valence electrons. The molecule has 0 N–H and O–H groups in total. The van der Waals surface area contributed by atoms with Crippen LogP contribution in [0.3, 0.4) is 0 Å². The Labute approximate surface area is 696 Å². The van der Waals surface area contributed by atoms with Crippen molar-refractivity contribution in [2.24, 2.45) is 0 Å². The van der Waals surface area contributed by atoms with Crippen molar-refractivity contribution >= 4 is 129 Å². The van der Waals surface area contributed by atoms with Gasteiger partial charge in [0.2, 0.25) is 0 Å². The minimum Gasteiger partial charge on any atom is -0.455 e. The second-order valence-corrected chi connectivity index (χ2v) is 32.0. The molecule has 0 bridgehead atoms. The lowest BCUT2D eigenvalue weighted by Crippen LogP contribution is -2.00. The first kappa shape index (κ1) is 69.9. The Morgan fingerprint density at radius 2 is 0.475 bits per heavy atom. The molecule has 0 aliphatic rings. The minimum absolute atomic E-state index is 0.607. The van der Waals surface area contributed by atoms with E-state index in [1.54, 1.807) is 0 Å². The maximum Gasteiger partial charge on any atom is 0.164 e. The quantitative estimate of drug-likeness (QED) is 0.117. The Morgan fingerprint density at radius 3 is 0.900 bits per heavy atom. The molecule has 0 atom stereocenters. The zero-order valence-corrected chi connectivity index (χ0v) is 65.8. The number of furan rings is 2. The van der Waals surface area contributed by atoms with Crippen LogP contribution in [0.15, 0.2) is 397 Å². The molecule has 10 nitrogen and oxygen atoms in total. The van der Waals surface area contributed by atoms with Gasteiger partial charge >= 0.3 is 0 Å². The standard InChI is InChI=1S/2C54H32N4OS/c1-3-13-34(14-4-1)52-56-53(35-15-5-2-6-16-35)58-54(57-52)36-27-25-33(26-28-36)49-48-44-20-7-9-23-46(44)59-50(48)43-30-29-38(32-45(43)55-49)37-17-11-18-39(31-37)40-21-12-22-42-41-19-8-10-24-47(41)60-51(40)42;1-3-12-36(13-4-1)52-56-53(37-14-5-2-6-15-37)58-54(57-52)38-28-26-35(27-29-38)49-48-44-17-7-9-20-46(44)59-50(48)43-31-30-39(32-45(43)55-49)33-22-24-34(25-23-33)40-18-11-19-42-41-16-8-10-21-47(41)60-51(40)42/h2*1-32H. The Hall–Kier alpha value is -15.6. The molecular weight excluding hydrogens is 1510 g/mol. The van der Waals surface area contributed by atoms with Gasteiger partial charge in [0.25, 0.3) is 0 Å². The molecule has 0 fully saturated rings. The van der Waals surface area contributed by atoms with Crippen LogP contribution in [-0.2, 0) is 0 Å². The molecule has 0 aliphatic heterocycles. The van der Waals surface area contributed by atoms with E-state index in [-0.39, 0.29) is 0 Å². The van der Waals surface area contributed by atoms with E-state index < -0.39 is 0 Å². The largest absolute Gasteiger partial charge is 0.455 e. The number of rotatable bonds is 12. The first-order chi connectivity index (χ1) is 59.4. The van der Waals surface area contributed by atoms with Crippen LogP contribution in [0.2, 0.25) is 0 Å². The van der Waals surface area contributed by atoms with Crippen LogP contribution in [0, 0.1) is 0 Å². The topological polar surface area (TPSA) is 129 Å². The molecule has 0 saturated heterocycles. The normalized spacial score (nSPS) is 11.7. The number of hydrogen-bond donors (Lipinski definition) is 0. The van der Waals surface area contributed by atoms with Gasteiger partial charge in [-0.25, -0.2) is 39.9 Å². The van der Waals surface area contributed by atoms with Gasteiger partial charge in [-0.15, -0.1) is 22.7 Å². The molecule has 0 unspecified atom stereocenters. The van der Waals surface area contributed by atoms with Crippen LogP contribution < -0.4 is 0 Å². The molecule has 0 radical (unpaired) electrons. The van der Waals surface area contributed by atoms with Crippen LogP contribution in [0.4, 0.5) is 0 Å². The lowest BCUT2D eigenvalue weighted by molar-refractivity contribution is 0.672. The van der Waals surface area contributed by atoms with Crippen LogP contribution in [0.25, 0.3) is 241 Å². The van der Waals surface area contributed by atoms with Gasteiger partial charge < -0.3 is 8.83 Å². The summed E-state index contributed by atoms with van der Waals surface area (Å²) in [5.74, 6) is 3.73. The highest BCUT2D eigenvalue weighted by atomic mass is 32.1. The third-order valence-corrected chi connectivity index (χ3v) is 25.1. The van der Waals surface area contributed by atoms with E-state index in [1.165, 1.54) is 62.6 Å². The van der Waals surface area contributed by atoms with Gasteiger partial charge in [0.15, 0.2) is 34.9 Å². The van der Waals surface area contributed by atoms with Gasteiger partial charge in [-0.1, -0.05) is 334 Å². The monoisotopic (exact) mass is 1570 g/mol. The number of thiophene rings is 2. The summed E-state index contributed by atoms with van der Waals surface area (Å²) >= 11 is 3.72. The molecule has 8 heterocycles. The SMILES string of the molecule is c1ccc(-c2nc(-c3ccccc3)nc(-c3ccc(-c4nc5cc(-c6ccc(-c7cccc8c7sc7ccccc78)cc6)ccc5c5oc6ccccc6c45)cc3)n2)cc1.c1ccc(-c2nc(-c3ccccc3)nc(-c3ccc(-c4nc5cc(-c6cccc(-c7cccc8c7sc7ccccc78)c6)ccc5c5oc6ccccc6c45)cc3)n2)cc1. The van der Waals surface area contributed by atoms with Crippen molar-refractivity contribution in [1.29, 1.82) is 0 Å². The number of para-hydroxylation sites is 2. The highest BCUT2D eigenvalue weighted by Crippen LogP contribution is 2.47. The maximum absolute atomic E-state index is 6.65. The first-order valence-electron chi connectivity index (χ1n) is 39.9. The fourth-order valence-corrected chi connectivity index (χ4v) is 19.3. The van der Waals surface area contributed by atoms with Crippen molar-refractivity contribution in [3.63, 3.8) is 0 Å². The van der Waals surface area contributed by atoms with Crippen molar-refractivity contribution in [3.8, 4) is 135 Å². The summed E-state index contributed by atoms with van der Waals surface area (Å²) in [6.45, 7) is 0. The van der Waals surface area contributed by atoms with E-state index in [0.29, 0.717) is 34.9 Å². The summed E-state index contributed by atoms with van der Waals surface area (Å²) in [6, 6.07) is 135. The fourth-order valence-electron chi connectivity index (χ4n) is 16.8. The molecule has 8 aromatic heterocycles. The average Bonchev–Trinajstić information content (AvgIpc) is 1.54. The summed E-state index contributed by atoms with van der Waals surface area (Å²) in [5.41, 5.74) is 23.6. The third-order valence-electron chi connectivity index (χ3n) is 22.7. The highest BCUT2D eigenvalue weighted by molar-refractivity contribution is 7.26. The molecule has 120 heavy (non-hydrogen) atoms. The predicted octanol–water partition coefficient (Wildman–Crippen LogP) is 29.4. The molecule has 12 heteroatoms. The van der Waals surface area contributed by atoms with Gasteiger partial charge in [-0.05, 0) is 99.1 Å². The van der Waals surface area contributed by atoms with Gasteiger partial charge in [-0.2, -0.15) is 0 Å². The summed E-state index contributed by atoms with van der Waals surface area (Å²) in [6.07, 6.45) is 0. The maximum atomic E-state index is 6.65. The van der Waals surface area contributed by atoms with E-state index >= 15 is 0 Å². The second-order valence-electron chi connectivity index (χ2n) is 29.9. The molecule has 0 aliphatic carbocycles. The number of hydrogen-bond acceptors (Lipinski definition) is 12. The fraction of sp³-hybridized carbons (Fsp3) is 0. The summed E-state index contributed by atoms with van der Waals surface area (Å²) in [4.78, 5) is 40.4. The number of fused-ring (bicyclic) bond motifs is 16. The molecule has 0 amide bonds. The van der Waals surface area contributed by atoms with E-state index in [4.69, 9.17) is 48.7 Å². The van der Waals surface area contributed by atoms with Gasteiger partial charge in [0, 0.05) is 106 Å². The van der Waals surface area contributed by atoms with Crippen molar-refractivity contribution in [1.82, 2.24) is 39.9 Å². The Bertz CT molecular complexity index is 8020. The smallest absolute Gasteiger partial charge is 0.164 e.